The predicted octanol–water partition coefficient (Wildman–Crippen LogP) is 6.20. The summed E-state index contributed by atoms with van der Waals surface area (Å²) in [4.78, 5) is 0. The molecule has 0 aliphatic carbocycles. The van der Waals surface area contributed by atoms with Crippen molar-refractivity contribution in [2.45, 2.75) is 26.1 Å². The lowest BCUT2D eigenvalue weighted by Gasteiger charge is -2.16. The lowest BCUT2D eigenvalue weighted by molar-refractivity contribution is 0.284. The highest BCUT2D eigenvalue weighted by Crippen LogP contribution is 2.29. The normalized spacial score (nSPS) is 11.4. The van der Waals surface area contributed by atoms with Crippen molar-refractivity contribution in [2.75, 3.05) is 7.11 Å². The maximum absolute atomic E-state index is 6.02. The van der Waals surface area contributed by atoms with Crippen molar-refractivity contribution in [3.63, 3.8) is 0 Å². The fraction of sp³-hybridized carbons (Fsp3) is 0.217. The highest BCUT2D eigenvalue weighted by Gasteiger charge is 2.08. The van der Waals surface area contributed by atoms with Crippen molar-refractivity contribution in [2.24, 2.45) is 0 Å². The van der Waals surface area contributed by atoms with Crippen LogP contribution < -0.4 is 14.8 Å². The van der Waals surface area contributed by atoms with Gasteiger partial charge in [-0.15, -0.1) is 12.4 Å². The highest BCUT2D eigenvalue weighted by atomic mass is 35.5. The lowest BCUT2D eigenvalue weighted by atomic mass is 10.1. The van der Waals surface area contributed by atoms with Gasteiger partial charge in [0.1, 0.15) is 6.61 Å². The van der Waals surface area contributed by atoms with Gasteiger partial charge < -0.3 is 14.8 Å². The van der Waals surface area contributed by atoms with Gasteiger partial charge in [-0.25, -0.2) is 0 Å². The van der Waals surface area contributed by atoms with Gasteiger partial charge in [0.2, 0.25) is 0 Å². The minimum atomic E-state index is 0. The smallest absolute Gasteiger partial charge is 0.161 e. The number of ether oxygens (including phenoxy) is 2. The predicted molar refractivity (Wildman–Crippen MR) is 118 cm³/mol. The zero-order chi connectivity index (χ0) is 19.1. The molecule has 0 aromatic heterocycles. The van der Waals surface area contributed by atoms with Crippen molar-refractivity contribution in [1.29, 1.82) is 0 Å². The van der Waals surface area contributed by atoms with E-state index in [1.807, 2.05) is 42.5 Å². The molecule has 0 bridgehead atoms. The third-order valence-electron chi connectivity index (χ3n) is 4.42. The van der Waals surface area contributed by atoms with Crippen LogP contribution in [-0.2, 0) is 13.2 Å². The molecule has 1 atom stereocenters. The Labute approximate surface area is 178 Å². The fourth-order valence-electron chi connectivity index (χ4n) is 2.86. The zero-order valence-corrected chi connectivity index (χ0v) is 17.6. The molecule has 0 saturated carbocycles. The van der Waals surface area contributed by atoms with E-state index in [0.29, 0.717) is 11.6 Å². The summed E-state index contributed by atoms with van der Waals surface area (Å²) in [6, 6.07) is 24.4. The molecule has 0 aliphatic heterocycles. The molecule has 0 radical (unpaired) electrons. The molecule has 148 valence electrons. The molecular weight excluding hydrogens is 393 g/mol. The number of hydrogen-bond acceptors (Lipinski definition) is 3. The Bertz CT molecular complexity index is 871. The van der Waals surface area contributed by atoms with Crippen LogP contribution in [0, 0.1) is 0 Å². The van der Waals surface area contributed by atoms with Gasteiger partial charge in [-0.1, -0.05) is 60.1 Å². The van der Waals surface area contributed by atoms with Crippen LogP contribution >= 0.6 is 24.0 Å². The van der Waals surface area contributed by atoms with Crippen molar-refractivity contribution < 1.29 is 9.47 Å². The van der Waals surface area contributed by atoms with Gasteiger partial charge in [-0.2, -0.15) is 0 Å². The molecule has 3 aromatic carbocycles. The Hall–Kier alpha value is -2.20. The summed E-state index contributed by atoms with van der Waals surface area (Å²) in [6.07, 6.45) is 0. The fourth-order valence-corrected chi connectivity index (χ4v) is 3.07. The topological polar surface area (TPSA) is 30.5 Å². The Balaban J connectivity index is 0.00000280. The molecule has 5 heteroatoms. The van der Waals surface area contributed by atoms with E-state index in [4.69, 9.17) is 21.1 Å². The number of halogens is 2. The first kappa shape index (κ1) is 22.1. The summed E-state index contributed by atoms with van der Waals surface area (Å²) in [5.74, 6) is 1.45. The first-order valence-electron chi connectivity index (χ1n) is 8.98. The molecule has 3 rings (SSSR count). The van der Waals surface area contributed by atoms with E-state index in [1.165, 1.54) is 5.56 Å². The van der Waals surface area contributed by atoms with Crippen molar-refractivity contribution in [3.8, 4) is 11.5 Å². The zero-order valence-electron chi connectivity index (χ0n) is 16.0. The summed E-state index contributed by atoms with van der Waals surface area (Å²) in [6.45, 7) is 3.36. The summed E-state index contributed by atoms with van der Waals surface area (Å²) in [7, 11) is 1.66. The largest absolute Gasteiger partial charge is 0.493 e. The van der Waals surface area contributed by atoms with Crippen LogP contribution in [-0.4, -0.2) is 7.11 Å². The average Bonchev–Trinajstić information content (AvgIpc) is 2.71. The number of hydrogen-bond donors (Lipinski definition) is 1. The van der Waals surface area contributed by atoms with Crippen LogP contribution in [0.15, 0.2) is 72.8 Å². The maximum Gasteiger partial charge on any atom is 0.161 e. The summed E-state index contributed by atoms with van der Waals surface area (Å²) in [5, 5.41) is 4.24. The Morgan fingerprint density at radius 2 is 1.68 bits per heavy atom. The second kappa shape index (κ2) is 11.0. The van der Waals surface area contributed by atoms with Gasteiger partial charge in [0, 0.05) is 17.6 Å². The number of methoxy groups -OCH3 is 1. The minimum Gasteiger partial charge on any atom is -0.493 e. The van der Waals surface area contributed by atoms with Crippen LogP contribution in [0.5, 0.6) is 11.5 Å². The molecule has 28 heavy (non-hydrogen) atoms. The molecule has 1 N–H and O–H groups in total. The van der Waals surface area contributed by atoms with Crippen LogP contribution in [0.1, 0.15) is 29.7 Å². The second-order valence-corrected chi connectivity index (χ2v) is 6.85. The summed E-state index contributed by atoms with van der Waals surface area (Å²) in [5.41, 5.74) is 3.43. The van der Waals surface area contributed by atoms with Gasteiger partial charge in [-0.3, -0.25) is 0 Å². The molecule has 0 fully saturated rings. The maximum atomic E-state index is 6.02. The van der Waals surface area contributed by atoms with E-state index in [9.17, 15) is 0 Å². The van der Waals surface area contributed by atoms with E-state index >= 15 is 0 Å². The van der Waals surface area contributed by atoms with Crippen LogP contribution in [0.4, 0.5) is 0 Å². The quantitative estimate of drug-likeness (QED) is 0.473. The standard InChI is InChI=1S/C23H24ClNO2.ClH/c1-17(20-8-4-3-5-9-20)25-15-18-11-12-22(23(14-18)26-2)27-16-19-7-6-10-21(24)13-19;/h3-14,17,25H,15-16H2,1-2H3;1H. The van der Waals surface area contributed by atoms with E-state index in [-0.39, 0.29) is 18.4 Å². The molecule has 1 unspecified atom stereocenters. The number of rotatable bonds is 8. The van der Waals surface area contributed by atoms with Gasteiger partial charge in [-0.05, 0) is 47.9 Å². The minimum absolute atomic E-state index is 0. The Kier molecular flexibility index (Phi) is 8.65. The molecule has 3 aromatic rings. The number of nitrogens with one attached hydrogen (secondary N) is 1. The van der Waals surface area contributed by atoms with Crippen LogP contribution in [0.2, 0.25) is 5.02 Å². The van der Waals surface area contributed by atoms with E-state index in [2.05, 4.69) is 42.6 Å². The van der Waals surface area contributed by atoms with E-state index in [0.717, 1.165) is 29.2 Å². The van der Waals surface area contributed by atoms with Crippen molar-refractivity contribution in [3.05, 3.63) is 94.5 Å². The Morgan fingerprint density at radius 3 is 2.39 bits per heavy atom. The van der Waals surface area contributed by atoms with Gasteiger partial charge in [0.05, 0.1) is 7.11 Å². The van der Waals surface area contributed by atoms with Gasteiger partial charge in [0.15, 0.2) is 11.5 Å². The van der Waals surface area contributed by atoms with Gasteiger partial charge in [0.25, 0.3) is 0 Å². The molecule has 0 amide bonds. The molecule has 0 aliphatic rings. The lowest BCUT2D eigenvalue weighted by Crippen LogP contribution is -2.18. The third kappa shape index (κ3) is 6.16. The SMILES string of the molecule is COc1cc(CNC(C)c2ccccc2)ccc1OCc1cccc(Cl)c1.Cl. The average molecular weight is 418 g/mol. The van der Waals surface area contributed by atoms with E-state index < -0.39 is 0 Å². The third-order valence-corrected chi connectivity index (χ3v) is 4.66. The van der Waals surface area contributed by atoms with E-state index in [1.54, 1.807) is 7.11 Å². The summed E-state index contributed by atoms with van der Waals surface area (Å²) >= 11 is 6.02. The highest BCUT2D eigenvalue weighted by molar-refractivity contribution is 6.30. The first-order chi connectivity index (χ1) is 13.2. The Morgan fingerprint density at radius 1 is 0.893 bits per heavy atom. The number of benzene rings is 3. The first-order valence-corrected chi connectivity index (χ1v) is 9.36. The van der Waals surface area contributed by atoms with Crippen LogP contribution in [0.3, 0.4) is 0 Å². The van der Waals surface area contributed by atoms with Gasteiger partial charge >= 0.3 is 0 Å². The molecular formula is C23H25Cl2NO2. The summed E-state index contributed by atoms with van der Waals surface area (Å²) < 4.78 is 11.4. The molecule has 0 spiro atoms. The molecule has 3 nitrogen and oxygen atoms in total. The van der Waals surface area contributed by atoms with Crippen LogP contribution in [0.25, 0.3) is 0 Å². The second-order valence-electron chi connectivity index (χ2n) is 6.42. The van der Waals surface area contributed by atoms with Crippen molar-refractivity contribution in [1.82, 2.24) is 5.32 Å². The van der Waals surface area contributed by atoms with Crippen molar-refractivity contribution >= 4 is 24.0 Å². The monoisotopic (exact) mass is 417 g/mol. The molecule has 0 heterocycles. The molecule has 0 saturated heterocycles.